The maximum absolute atomic E-state index is 12.0. The highest BCUT2D eigenvalue weighted by Crippen LogP contribution is 2.41. The summed E-state index contributed by atoms with van der Waals surface area (Å²) in [6, 6.07) is 29.3. The number of carbonyl (C=O) groups is 2. The molecule has 0 bridgehead atoms. The van der Waals surface area contributed by atoms with Crippen molar-refractivity contribution in [2.45, 2.75) is 44.5 Å². The van der Waals surface area contributed by atoms with E-state index in [9.17, 15) is 9.59 Å². The molecule has 0 aromatic heterocycles. The molecule has 1 aliphatic rings. The average molecular weight is 519 g/mol. The van der Waals surface area contributed by atoms with Gasteiger partial charge in [-0.2, -0.15) is 0 Å². The summed E-state index contributed by atoms with van der Waals surface area (Å²) in [5.41, 5.74) is 2.19. The van der Waals surface area contributed by atoms with Crippen LogP contribution in [0.5, 0.6) is 0 Å². The van der Waals surface area contributed by atoms with Crippen molar-refractivity contribution in [3.8, 4) is 0 Å². The average Bonchev–Trinajstić information content (AvgIpc) is 3.41. The third-order valence-electron chi connectivity index (χ3n) is 5.91. The van der Waals surface area contributed by atoms with Crippen molar-refractivity contribution in [2.75, 3.05) is 13.1 Å². The summed E-state index contributed by atoms with van der Waals surface area (Å²) >= 11 is 1.40. The van der Waals surface area contributed by atoms with E-state index in [4.69, 9.17) is 9.94 Å². The number of hydrogen-bond donors (Lipinski definition) is 1. The van der Waals surface area contributed by atoms with E-state index in [-0.39, 0.29) is 17.4 Å². The second kappa shape index (κ2) is 14.2. The molecule has 37 heavy (non-hydrogen) atoms. The molecule has 3 aromatic carbocycles. The molecule has 0 atom stereocenters. The van der Waals surface area contributed by atoms with Gasteiger partial charge in [-0.25, -0.2) is 4.79 Å². The normalized spacial score (nSPS) is 13.5. The van der Waals surface area contributed by atoms with Gasteiger partial charge in [0.2, 0.25) is 0 Å². The summed E-state index contributed by atoms with van der Waals surface area (Å²) < 4.78 is 0. The highest BCUT2D eigenvalue weighted by Gasteiger charge is 2.44. The molecule has 0 spiro atoms. The highest BCUT2D eigenvalue weighted by molar-refractivity contribution is 8.12. The molecule has 6 nitrogen and oxygen atoms in total. The topological polar surface area (TPSA) is 79.2 Å². The Kier molecular flexibility index (Phi) is 10.8. The van der Waals surface area contributed by atoms with E-state index in [2.05, 4.69) is 31.1 Å². The lowest BCUT2D eigenvalue weighted by atomic mass is 9.82. The predicted molar refractivity (Wildman–Crippen MR) is 150 cm³/mol. The van der Waals surface area contributed by atoms with Crippen LogP contribution in [0, 0.1) is 0 Å². The Hall–Kier alpha value is -3.58. The highest BCUT2D eigenvalue weighted by atomic mass is 32.2. The minimum Gasteiger partial charge on any atom is -0.477 e. The van der Waals surface area contributed by atoms with Crippen LogP contribution in [0.25, 0.3) is 0 Å². The molecule has 194 valence electrons. The molecule has 7 heteroatoms. The molecular weight excluding hydrogens is 484 g/mol. The minimum atomic E-state index is -1.04. The van der Waals surface area contributed by atoms with Gasteiger partial charge in [0.15, 0.2) is 11.3 Å². The Morgan fingerprint density at radius 3 is 1.78 bits per heavy atom. The molecule has 0 fully saturated rings. The maximum Gasteiger partial charge on any atom is 0.353 e. The van der Waals surface area contributed by atoms with Gasteiger partial charge in [-0.3, -0.25) is 4.79 Å². The van der Waals surface area contributed by atoms with E-state index >= 15 is 0 Å². The second-order valence-corrected chi connectivity index (χ2v) is 9.62. The third-order valence-corrected chi connectivity index (χ3v) is 6.89. The van der Waals surface area contributed by atoms with Gasteiger partial charge in [-0.1, -0.05) is 122 Å². The lowest BCUT2D eigenvalue weighted by molar-refractivity contribution is -0.129. The molecule has 3 aromatic rings. The lowest BCUT2D eigenvalue weighted by Crippen LogP contribution is -2.29. The monoisotopic (exact) mass is 518 g/mol. The van der Waals surface area contributed by atoms with Crippen LogP contribution < -0.4 is 0 Å². The first-order valence-electron chi connectivity index (χ1n) is 12.5. The summed E-state index contributed by atoms with van der Waals surface area (Å²) in [5, 5.41) is 13.1. The standard InChI is InChI=1S/C16H13NO3.C14H21NOS/c18-15(19)14-11-16(20-17-14,12-7-3-1-4-8-12)13-9-5-2-6-10-13;1-3-10-15(11-4-2)14(16)17-12-13-8-6-5-7-9-13/h1-10H,11H2,(H,18,19);5-9H,3-4,10-12H2,1-2H3. The smallest absolute Gasteiger partial charge is 0.353 e. The molecule has 4 rings (SSSR count). The maximum atomic E-state index is 12.0. The molecular formula is C30H34N2O4S. The molecule has 1 heterocycles. The van der Waals surface area contributed by atoms with Crippen LogP contribution in [0.4, 0.5) is 4.79 Å². The first kappa shape index (κ1) is 28.0. The van der Waals surface area contributed by atoms with Crippen molar-refractivity contribution in [1.29, 1.82) is 0 Å². The van der Waals surface area contributed by atoms with E-state index in [0.717, 1.165) is 42.8 Å². The summed E-state index contributed by atoms with van der Waals surface area (Å²) in [5.74, 6) is -0.275. The number of carbonyl (C=O) groups excluding carboxylic acids is 1. The predicted octanol–water partition coefficient (Wildman–Crippen LogP) is 6.95. The minimum absolute atomic E-state index is 0.0395. The lowest BCUT2D eigenvalue weighted by Gasteiger charge is -2.27. The van der Waals surface area contributed by atoms with Crippen LogP contribution in [0.2, 0.25) is 0 Å². The molecule has 0 radical (unpaired) electrons. The zero-order valence-corrected chi connectivity index (χ0v) is 22.2. The first-order chi connectivity index (χ1) is 18.0. The number of thioether (sulfide) groups is 1. The van der Waals surface area contributed by atoms with Crippen molar-refractivity contribution >= 4 is 28.7 Å². The fourth-order valence-corrected chi connectivity index (χ4v) is 4.93. The summed E-state index contributed by atoms with van der Waals surface area (Å²) in [6.45, 7) is 5.96. The Morgan fingerprint density at radius 1 is 0.865 bits per heavy atom. The fraction of sp³-hybridized carbons (Fsp3) is 0.300. The molecule has 1 N–H and O–H groups in total. The van der Waals surface area contributed by atoms with Gasteiger partial charge in [0.05, 0.1) is 6.42 Å². The number of nitrogens with zero attached hydrogens (tertiary/aromatic N) is 2. The quantitative estimate of drug-likeness (QED) is 0.331. The van der Waals surface area contributed by atoms with E-state index in [1.807, 2.05) is 83.8 Å². The van der Waals surface area contributed by atoms with Gasteiger partial charge < -0.3 is 14.8 Å². The van der Waals surface area contributed by atoms with Crippen LogP contribution in [0.3, 0.4) is 0 Å². The Bertz CT molecular complexity index is 1110. The molecule has 0 unspecified atom stereocenters. The molecule has 0 saturated carbocycles. The number of rotatable bonds is 9. The number of hydrogen-bond acceptors (Lipinski definition) is 5. The summed E-state index contributed by atoms with van der Waals surface area (Å²) in [7, 11) is 0. The van der Waals surface area contributed by atoms with Gasteiger partial charge in [0.25, 0.3) is 5.24 Å². The fourth-order valence-electron chi connectivity index (χ4n) is 4.08. The molecule has 1 aliphatic heterocycles. The third kappa shape index (κ3) is 7.70. The van der Waals surface area contributed by atoms with E-state index < -0.39 is 11.6 Å². The van der Waals surface area contributed by atoms with Gasteiger partial charge >= 0.3 is 5.97 Å². The van der Waals surface area contributed by atoms with Crippen LogP contribution in [-0.2, 0) is 21.0 Å². The number of oxime groups is 1. The number of amides is 1. The van der Waals surface area contributed by atoms with Crippen LogP contribution in [-0.4, -0.2) is 40.0 Å². The van der Waals surface area contributed by atoms with Gasteiger partial charge in [0.1, 0.15) is 0 Å². The molecule has 0 saturated heterocycles. The Balaban J connectivity index is 0.000000209. The summed E-state index contributed by atoms with van der Waals surface area (Å²) in [4.78, 5) is 30.7. The van der Waals surface area contributed by atoms with Crippen LogP contribution >= 0.6 is 11.8 Å². The van der Waals surface area contributed by atoms with Crippen molar-refractivity contribution in [3.63, 3.8) is 0 Å². The van der Waals surface area contributed by atoms with Gasteiger partial charge in [-0.05, 0) is 18.4 Å². The number of carboxylic acid groups (broad SMARTS) is 1. The SMILES string of the molecule is CCCN(CCC)C(=O)SCc1ccccc1.O=C(O)C1=NOC(c2ccccc2)(c2ccccc2)C1. The zero-order chi connectivity index (χ0) is 26.5. The van der Waals surface area contributed by atoms with Crippen molar-refractivity contribution in [2.24, 2.45) is 5.16 Å². The van der Waals surface area contributed by atoms with E-state index in [1.165, 1.54) is 17.3 Å². The number of benzene rings is 3. The second-order valence-electron chi connectivity index (χ2n) is 8.70. The van der Waals surface area contributed by atoms with Gasteiger partial charge in [0, 0.05) is 30.0 Å². The number of carboxylic acids is 1. The largest absolute Gasteiger partial charge is 0.477 e. The van der Waals surface area contributed by atoms with Crippen molar-refractivity contribution < 1.29 is 19.5 Å². The Morgan fingerprint density at radius 2 is 1.35 bits per heavy atom. The first-order valence-corrected chi connectivity index (χ1v) is 13.5. The van der Waals surface area contributed by atoms with Gasteiger partial charge in [-0.15, -0.1) is 0 Å². The van der Waals surface area contributed by atoms with Crippen molar-refractivity contribution in [1.82, 2.24) is 4.90 Å². The number of aliphatic carboxylic acids is 1. The Labute approximate surface area is 223 Å². The van der Waals surface area contributed by atoms with Crippen molar-refractivity contribution in [3.05, 3.63) is 108 Å². The zero-order valence-electron chi connectivity index (χ0n) is 21.4. The molecule has 0 aliphatic carbocycles. The van der Waals surface area contributed by atoms with Crippen LogP contribution in [0.15, 0.2) is 96.2 Å². The van der Waals surface area contributed by atoms with Crippen LogP contribution in [0.1, 0.15) is 49.8 Å². The molecule has 1 amide bonds. The summed E-state index contributed by atoms with van der Waals surface area (Å²) in [6.07, 6.45) is 2.27. The van der Waals surface area contributed by atoms with E-state index in [0.29, 0.717) is 0 Å². The van der Waals surface area contributed by atoms with E-state index in [1.54, 1.807) is 0 Å².